The maximum Gasteiger partial charge on any atom is 0.272 e. The van der Waals surface area contributed by atoms with Crippen molar-refractivity contribution in [1.29, 1.82) is 0 Å². The third kappa shape index (κ3) is 3.31. The molecule has 5 heteroatoms. The smallest absolute Gasteiger partial charge is 0.272 e. The molecule has 2 aromatic rings. The molecular formula is C16H22N4O. The van der Waals surface area contributed by atoms with Gasteiger partial charge in [0.25, 0.3) is 5.91 Å². The fourth-order valence-electron chi connectivity index (χ4n) is 2.29. The Morgan fingerprint density at radius 3 is 2.81 bits per heavy atom. The standard InChI is InChI=1S/C16H22N4O/c1-4-11(2)10-20(3)16(21)14-9-12-7-5-6-8-13(12)15(18-14)19-17/h5-9,11H,4,10,17H2,1-3H3,(H,18,19). The van der Waals surface area contributed by atoms with E-state index >= 15 is 0 Å². The maximum absolute atomic E-state index is 12.5. The van der Waals surface area contributed by atoms with Gasteiger partial charge in [0.1, 0.15) is 11.5 Å². The van der Waals surface area contributed by atoms with Gasteiger partial charge in [-0.2, -0.15) is 0 Å². The normalized spacial score (nSPS) is 12.2. The predicted octanol–water partition coefficient (Wildman–Crippen LogP) is 2.64. The lowest BCUT2D eigenvalue weighted by Crippen LogP contribution is -2.31. The van der Waals surface area contributed by atoms with Crippen LogP contribution in [0.2, 0.25) is 0 Å². The van der Waals surface area contributed by atoms with Gasteiger partial charge in [0.05, 0.1) is 0 Å². The molecule has 0 radical (unpaired) electrons. The Kier molecular flexibility index (Phi) is 4.75. The number of carbonyl (C=O) groups is 1. The van der Waals surface area contributed by atoms with Crippen molar-refractivity contribution in [1.82, 2.24) is 9.88 Å². The summed E-state index contributed by atoms with van der Waals surface area (Å²) in [6.45, 7) is 4.97. The number of fused-ring (bicyclic) bond motifs is 1. The molecule has 0 saturated heterocycles. The summed E-state index contributed by atoms with van der Waals surface area (Å²) in [6, 6.07) is 9.53. The summed E-state index contributed by atoms with van der Waals surface area (Å²) in [7, 11) is 1.81. The minimum atomic E-state index is -0.0856. The molecule has 0 aliphatic heterocycles. The number of rotatable bonds is 5. The zero-order valence-corrected chi connectivity index (χ0v) is 12.8. The summed E-state index contributed by atoms with van der Waals surface area (Å²) >= 11 is 0. The van der Waals surface area contributed by atoms with Crippen LogP contribution in [0.3, 0.4) is 0 Å². The van der Waals surface area contributed by atoms with E-state index in [0.29, 0.717) is 17.4 Å². The van der Waals surface area contributed by atoms with Crippen LogP contribution < -0.4 is 11.3 Å². The van der Waals surface area contributed by atoms with Crippen LogP contribution in [0.15, 0.2) is 30.3 Å². The molecule has 112 valence electrons. The lowest BCUT2D eigenvalue weighted by molar-refractivity contribution is 0.0769. The molecule has 5 nitrogen and oxygen atoms in total. The third-order valence-electron chi connectivity index (χ3n) is 3.73. The van der Waals surface area contributed by atoms with E-state index in [1.807, 2.05) is 30.3 Å². The monoisotopic (exact) mass is 286 g/mol. The van der Waals surface area contributed by atoms with Crippen molar-refractivity contribution in [2.24, 2.45) is 11.8 Å². The Bertz CT molecular complexity index is 641. The number of hydrogen-bond donors (Lipinski definition) is 2. The average Bonchev–Trinajstić information content (AvgIpc) is 2.52. The van der Waals surface area contributed by atoms with Gasteiger partial charge in [0.2, 0.25) is 0 Å². The number of nitrogens with zero attached hydrogens (tertiary/aromatic N) is 2. The van der Waals surface area contributed by atoms with Crippen molar-refractivity contribution in [2.45, 2.75) is 20.3 Å². The summed E-state index contributed by atoms with van der Waals surface area (Å²) in [4.78, 5) is 18.6. The largest absolute Gasteiger partial charge is 0.340 e. The van der Waals surface area contributed by atoms with E-state index in [9.17, 15) is 4.79 Å². The number of pyridine rings is 1. The van der Waals surface area contributed by atoms with E-state index < -0.39 is 0 Å². The SMILES string of the molecule is CCC(C)CN(C)C(=O)c1cc2ccccc2c(NN)n1. The minimum Gasteiger partial charge on any atom is -0.340 e. The molecular weight excluding hydrogens is 264 g/mol. The van der Waals surface area contributed by atoms with Gasteiger partial charge in [-0.05, 0) is 17.4 Å². The second-order valence-electron chi connectivity index (χ2n) is 5.42. The first kappa shape index (κ1) is 15.3. The van der Waals surface area contributed by atoms with Crippen LogP contribution in [0.5, 0.6) is 0 Å². The zero-order valence-electron chi connectivity index (χ0n) is 12.8. The highest BCUT2D eigenvalue weighted by atomic mass is 16.2. The fourth-order valence-corrected chi connectivity index (χ4v) is 2.29. The second kappa shape index (κ2) is 6.54. The van der Waals surface area contributed by atoms with Crippen molar-refractivity contribution in [3.05, 3.63) is 36.0 Å². The van der Waals surface area contributed by atoms with E-state index in [1.54, 1.807) is 11.9 Å². The van der Waals surface area contributed by atoms with Crippen LogP contribution in [0, 0.1) is 5.92 Å². The second-order valence-corrected chi connectivity index (χ2v) is 5.42. The highest BCUT2D eigenvalue weighted by Crippen LogP contribution is 2.22. The third-order valence-corrected chi connectivity index (χ3v) is 3.73. The van der Waals surface area contributed by atoms with Crippen LogP contribution in [-0.4, -0.2) is 29.4 Å². The molecule has 2 rings (SSSR count). The number of aromatic nitrogens is 1. The molecule has 1 atom stereocenters. The van der Waals surface area contributed by atoms with Crippen molar-refractivity contribution in [3.8, 4) is 0 Å². The van der Waals surface area contributed by atoms with Crippen LogP contribution in [-0.2, 0) is 0 Å². The van der Waals surface area contributed by atoms with Gasteiger partial charge in [-0.1, -0.05) is 44.5 Å². The number of nitrogens with two attached hydrogens (primary N) is 1. The number of nitrogen functional groups attached to an aromatic ring is 1. The van der Waals surface area contributed by atoms with Crippen molar-refractivity contribution < 1.29 is 4.79 Å². The van der Waals surface area contributed by atoms with E-state index in [0.717, 1.165) is 23.7 Å². The summed E-state index contributed by atoms with van der Waals surface area (Å²) in [5.41, 5.74) is 2.98. The Morgan fingerprint density at radius 1 is 1.43 bits per heavy atom. The van der Waals surface area contributed by atoms with E-state index in [2.05, 4.69) is 24.3 Å². The van der Waals surface area contributed by atoms with Gasteiger partial charge in [-0.3, -0.25) is 4.79 Å². The number of nitrogens with one attached hydrogen (secondary N) is 1. The molecule has 1 unspecified atom stereocenters. The molecule has 1 aromatic carbocycles. The van der Waals surface area contributed by atoms with Crippen LogP contribution >= 0.6 is 0 Å². The Labute approximate surface area is 125 Å². The van der Waals surface area contributed by atoms with E-state index in [1.165, 1.54) is 0 Å². The fraction of sp³-hybridized carbons (Fsp3) is 0.375. The van der Waals surface area contributed by atoms with Crippen molar-refractivity contribution in [3.63, 3.8) is 0 Å². The Morgan fingerprint density at radius 2 is 2.14 bits per heavy atom. The average molecular weight is 286 g/mol. The number of carbonyl (C=O) groups excluding carboxylic acids is 1. The van der Waals surface area contributed by atoms with Gasteiger partial charge in [-0.25, -0.2) is 10.8 Å². The Balaban J connectivity index is 2.35. The van der Waals surface area contributed by atoms with Crippen molar-refractivity contribution >= 4 is 22.5 Å². The van der Waals surface area contributed by atoms with Gasteiger partial charge >= 0.3 is 0 Å². The molecule has 0 aliphatic rings. The lowest BCUT2D eigenvalue weighted by atomic mass is 10.1. The molecule has 0 saturated carbocycles. The van der Waals surface area contributed by atoms with Crippen molar-refractivity contribution in [2.75, 3.05) is 19.0 Å². The highest BCUT2D eigenvalue weighted by Gasteiger charge is 2.17. The van der Waals surface area contributed by atoms with E-state index in [-0.39, 0.29) is 5.91 Å². The molecule has 1 aromatic heterocycles. The lowest BCUT2D eigenvalue weighted by Gasteiger charge is -2.21. The summed E-state index contributed by atoms with van der Waals surface area (Å²) in [5.74, 6) is 6.43. The molecule has 0 spiro atoms. The van der Waals surface area contributed by atoms with E-state index in [4.69, 9.17) is 5.84 Å². The molecule has 21 heavy (non-hydrogen) atoms. The summed E-state index contributed by atoms with van der Waals surface area (Å²) in [6.07, 6.45) is 1.04. The molecule has 1 heterocycles. The topological polar surface area (TPSA) is 71.2 Å². The molecule has 0 fully saturated rings. The summed E-state index contributed by atoms with van der Waals surface area (Å²) < 4.78 is 0. The first-order valence-corrected chi connectivity index (χ1v) is 7.18. The number of benzene rings is 1. The molecule has 0 aliphatic carbocycles. The summed E-state index contributed by atoms with van der Waals surface area (Å²) in [5, 5.41) is 1.85. The first-order chi connectivity index (χ1) is 10.1. The highest BCUT2D eigenvalue weighted by molar-refractivity contribution is 6.00. The van der Waals surface area contributed by atoms with Crippen LogP contribution in [0.4, 0.5) is 5.82 Å². The zero-order chi connectivity index (χ0) is 15.4. The predicted molar refractivity (Wildman–Crippen MR) is 86.0 cm³/mol. The number of hydrazine groups is 1. The quantitative estimate of drug-likeness (QED) is 0.655. The van der Waals surface area contributed by atoms with Gasteiger partial charge in [0.15, 0.2) is 0 Å². The maximum atomic E-state index is 12.5. The van der Waals surface area contributed by atoms with Crippen LogP contribution in [0.25, 0.3) is 10.8 Å². The molecule has 1 amide bonds. The number of anilines is 1. The Hall–Kier alpha value is -2.14. The minimum absolute atomic E-state index is 0.0856. The van der Waals surface area contributed by atoms with Crippen LogP contribution in [0.1, 0.15) is 30.8 Å². The number of hydrogen-bond acceptors (Lipinski definition) is 4. The number of amides is 1. The van der Waals surface area contributed by atoms with Gasteiger partial charge < -0.3 is 10.3 Å². The van der Waals surface area contributed by atoms with Gasteiger partial charge in [0, 0.05) is 19.0 Å². The molecule has 0 bridgehead atoms. The first-order valence-electron chi connectivity index (χ1n) is 7.18. The molecule has 3 N–H and O–H groups in total. The van der Waals surface area contributed by atoms with Gasteiger partial charge in [-0.15, -0.1) is 0 Å².